The van der Waals surface area contributed by atoms with E-state index < -0.39 is 0 Å². The van der Waals surface area contributed by atoms with E-state index in [0.717, 1.165) is 27.3 Å². The van der Waals surface area contributed by atoms with Crippen LogP contribution < -0.4 is 15.0 Å². The lowest BCUT2D eigenvalue weighted by Crippen LogP contribution is -2.40. The largest absolute Gasteiger partial charge is 0.464 e. The van der Waals surface area contributed by atoms with Gasteiger partial charge in [-0.1, -0.05) is 30.3 Å². The van der Waals surface area contributed by atoms with Crippen molar-refractivity contribution < 1.29 is 18.7 Å². The average Bonchev–Trinajstić information content (AvgIpc) is 3.16. The quantitative estimate of drug-likeness (QED) is 0.354. The molecule has 0 unspecified atom stereocenters. The summed E-state index contributed by atoms with van der Waals surface area (Å²) in [6, 6.07) is 18.6. The molecule has 4 rings (SSSR count). The van der Waals surface area contributed by atoms with Crippen LogP contribution in [0.15, 0.2) is 71.3 Å². The van der Waals surface area contributed by atoms with E-state index in [1.165, 1.54) is 4.90 Å². The van der Waals surface area contributed by atoms with Gasteiger partial charge < -0.3 is 14.5 Å². The van der Waals surface area contributed by atoms with E-state index in [1.54, 1.807) is 37.6 Å². The van der Waals surface area contributed by atoms with Crippen molar-refractivity contribution in [1.29, 1.82) is 0 Å². The fraction of sp³-hybridized carbons (Fsp3) is 0.200. The lowest BCUT2D eigenvalue weighted by atomic mass is 10.0. The zero-order valence-electron chi connectivity index (χ0n) is 17.7. The van der Waals surface area contributed by atoms with Gasteiger partial charge in [0.15, 0.2) is 0 Å². The van der Waals surface area contributed by atoms with Crippen LogP contribution in [0.25, 0.3) is 21.7 Å². The SMILES string of the molecule is CC(C)NC(=O)N(C)c1ccc(OC(=O)Cc2coc3ccc4ccccc4c23)cc1. The Morgan fingerprint density at radius 2 is 1.77 bits per heavy atom. The van der Waals surface area contributed by atoms with Crippen molar-refractivity contribution in [2.45, 2.75) is 26.3 Å². The molecule has 0 fully saturated rings. The molecule has 0 saturated heterocycles. The summed E-state index contributed by atoms with van der Waals surface area (Å²) < 4.78 is 11.2. The first-order valence-corrected chi connectivity index (χ1v) is 10.1. The molecule has 0 spiro atoms. The summed E-state index contributed by atoms with van der Waals surface area (Å²) in [4.78, 5) is 26.2. The Labute approximate surface area is 180 Å². The number of benzene rings is 3. The zero-order valence-corrected chi connectivity index (χ0v) is 17.7. The lowest BCUT2D eigenvalue weighted by molar-refractivity contribution is -0.133. The highest BCUT2D eigenvalue weighted by Crippen LogP contribution is 2.30. The zero-order chi connectivity index (χ0) is 22.0. The molecule has 1 N–H and O–H groups in total. The van der Waals surface area contributed by atoms with Crippen molar-refractivity contribution in [3.8, 4) is 5.75 Å². The predicted octanol–water partition coefficient (Wildman–Crippen LogP) is 5.29. The smallest absolute Gasteiger partial charge is 0.321 e. The predicted molar refractivity (Wildman–Crippen MR) is 122 cm³/mol. The maximum Gasteiger partial charge on any atom is 0.321 e. The molecule has 6 heteroatoms. The van der Waals surface area contributed by atoms with Gasteiger partial charge in [0, 0.05) is 29.7 Å². The van der Waals surface area contributed by atoms with E-state index in [1.807, 2.05) is 50.2 Å². The summed E-state index contributed by atoms with van der Waals surface area (Å²) in [5.41, 5.74) is 2.23. The van der Waals surface area contributed by atoms with Gasteiger partial charge in [-0.05, 0) is 55.0 Å². The second-order valence-electron chi connectivity index (χ2n) is 7.73. The highest BCUT2D eigenvalue weighted by atomic mass is 16.5. The minimum absolute atomic E-state index is 0.0475. The molecule has 31 heavy (non-hydrogen) atoms. The summed E-state index contributed by atoms with van der Waals surface area (Å²) >= 11 is 0. The molecular weight excluding hydrogens is 392 g/mol. The number of nitrogens with zero attached hydrogens (tertiary/aromatic N) is 1. The van der Waals surface area contributed by atoms with Crippen molar-refractivity contribution >= 4 is 39.4 Å². The second-order valence-corrected chi connectivity index (χ2v) is 7.73. The molecule has 1 heterocycles. The van der Waals surface area contributed by atoms with Crippen molar-refractivity contribution in [3.05, 3.63) is 72.5 Å². The van der Waals surface area contributed by atoms with E-state index in [-0.39, 0.29) is 24.5 Å². The van der Waals surface area contributed by atoms with Gasteiger partial charge >= 0.3 is 12.0 Å². The van der Waals surface area contributed by atoms with E-state index in [2.05, 4.69) is 5.32 Å². The molecular formula is C25H24N2O4. The molecule has 0 bridgehead atoms. The molecule has 0 atom stereocenters. The number of hydrogen-bond acceptors (Lipinski definition) is 4. The summed E-state index contributed by atoms with van der Waals surface area (Å²) in [7, 11) is 1.69. The molecule has 1 aromatic heterocycles. The first-order valence-electron chi connectivity index (χ1n) is 10.1. The van der Waals surface area contributed by atoms with Crippen molar-refractivity contribution in [2.24, 2.45) is 0 Å². The molecule has 6 nitrogen and oxygen atoms in total. The molecule has 0 aliphatic heterocycles. The Bertz CT molecular complexity index is 1240. The van der Waals surface area contributed by atoms with Crippen LogP contribution in [-0.4, -0.2) is 25.1 Å². The molecule has 4 aromatic rings. The summed E-state index contributed by atoms with van der Waals surface area (Å²) in [6.45, 7) is 3.81. The third-order valence-corrected chi connectivity index (χ3v) is 5.05. The van der Waals surface area contributed by atoms with Gasteiger partial charge in [0.25, 0.3) is 0 Å². The average molecular weight is 416 g/mol. The van der Waals surface area contributed by atoms with Gasteiger partial charge in [-0.15, -0.1) is 0 Å². The molecule has 2 amide bonds. The minimum atomic E-state index is -0.380. The van der Waals surface area contributed by atoms with Gasteiger partial charge in [-0.3, -0.25) is 9.69 Å². The van der Waals surface area contributed by atoms with Crippen LogP contribution in [0, 0.1) is 0 Å². The third-order valence-electron chi connectivity index (χ3n) is 5.05. The number of nitrogens with one attached hydrogen (secondary N) is 1. The number of carbonyl (C=O) groups excluding carboxylic acids is 2. The molecule has 158 valence electrons. The monoisotopic (exact) mass is 416 g/mol. The molecule has 0 aliphatic carbocycles. The Morgan fingerprint density at radius 1 is 1.03 bits per heavy atom. The van der Waals surface area contributed by atoms with E-state index >= 15 is 0 Å². The third kappa shape index (κ3) is 4.38. The number of fused-ring (bicyclic) bond motifs is 3. The van der Waals surface area contributed by atoms with Gasteiger partial charge in [-0.25, -0.2) is 4.79 Å². The minimum Gasteiger partial charge on any atom is -0.464 e. The standard InChI is InChI=1S/C25H24N2O4/c1-16(2)26-25(29)27(3)19-9-11-20(12-10-19)31-23(28)14-18-15-30-22-13-8-17-6-4-5-7-21(17)24(18)22/h4-13,15-16H,14H2,1-3H3,(H,26,29). The van der Waals surface area contributed by atoms with Gasteiger partial charge in [0.1, 0.15) is 11.3 Å². The van der Waals surface area contributed by atoms with Crippen molar-refractivity contribution in [3.63, 3.8) is 0 Å². The molecule has 0 saturated carbocycles. The fourth-order valence-corrected chi connectivity index (χ4v) is 3.53. The number of urea groups is 1. The van der Waals surface area contributed by atoms with Gasteiger partial charge in [-0.2, -0.15) is 0 Å². The summed E-state index contributed by atoms with van der Waals surface area (Å²) in [6.07, 6.45) is 1.71. The molecule has 3 aromatic carbocycles. The Kier molecular flexibility index (Phi) is 5.62. The highest BCUT2D eigenvalue weighted by molar-refractivity contribution is 6.08. The topological polar surface area (TPSA) is 71.8 Å². The lowest BCUT2D eigenvalue weighted by Gasteiger charge is -2.20. The van der Waals surface area contributed by atoms with Crippen LogP contribution in [0.1, 0.15) is 19.4 Å². The number of ether oxygens (including phenoxy) is 1. The van der Waals surface area contributed by atoms with E-state index in [9.17, 15) is 9.59 Å². The van der Waals surface area contributed by atoms with Crippen LogP contribution in [0.5, 0.6) is 5.75 Å². The fourth-order valence-electron chi connectivity index (χ4n) is 3.53. The number of hydrogen-bond donors (Lipinski definition) is 1. The maximum absolute atomic E-state index is 12.6. The van der Waals surface area contributed by atoms with Gasteiger partial charge in [0.2, 0.25) is 0 Å². The van der Waals surface area contributed by atoms with Crippen molar-refractivity contribution in [2.75, 3.05) is 11.9 Å². The Morgan fingerprint density at radius 3 is 2.52 bits per heavy atom. The maximum atomic E-state index is 12.6. The first-order chi connectivity index (χ1) is 14.9. The van der Waals surface area contributed by atoms with E-state index in [0.29, 0.717) is 11.4 Å². The Hall–Kier alpha value is -3.80. The summed E-state index contributed by atoms with van der Waals surface area (Å²) in [5, 5.41) is 5.90. The number of anilines is 1. The van der Waals surface area contributed by atoms with Gasteiger partial charge in [0.05, 0.1) is 12.7 Å². The summed E-state index contributed by atoms with van der Waals surface area (Å²) in [5.74, 6) is 0.0402. The number of amides is 2. The normalized spacial score (nSPS) is 11.1. The van der Waals surface area contributed by atoms with Crippen LogP contribution in [-0.2, 0) is 11.2 Å². The van der Waals surface area contributed by atoms with Crippen LogP contribution in [0.4, 0.5) is 10.5 Å². The first kappa shape index (κ1) is 20.5. The number of furan rings is 1. The number of esters is 1. The molecule has 0 radical (unpaired) electrons. The number of rotatable bonds is 5. The second kappa shape index (κ2) is 8.52. The van der Waals surface area contributed by atoms with Crippen LogP contribution >= 0.6 is 0 Å². The highest BCUT2D eigenvalue weighted by Gasteiger charge is 2.16. The van der Waals surface area contributed by atoms with E-state index in [4.69, 9.17) is 9.15 Å². The molecule has 0 aliphatic rings. The number of carbonyl (C=O) groups is 2. The Balaban J connectivity index is 1.47. The van der Waals surface area contributed by atoms with Crippen molar-refractivity contribution in [1.82, 2.24) is 5.32 Å². The van der Waals surface area contributed by atoms with Crippen LogP contribution in [0.2, 0.25) is 0 Å². The van der Waals surface area contributed by atoms with Crippen LogP contribution in [0.3, 0.4) is 0 Å².